The summed E-state index contributed by atoms with van der Waals surface area (Å²) in [5, 5.41) is 6.94. The van der Waals surface area contributed by atoms with Crippen molar-refractivity contribution in [3.05, 3.63) is 150 Å². The lowest BCUT2D eigenvalue weighted by Crippen LogP contribution is -2.29. The number of hydrogen-bond donors (Lipinski definition) is 2. The molecule has 4 heteroatoms. The number of nitrogens with zero attached hydrogens (tertiary/aromatic N) is 2. The predicted molar refractivity (Wildman–Crippen MR) is 208 cm³/mol. The molecule has 0 aliphatic heterocycles. The molecule has 0 saturated carbocycles. The first kappa shape index (κ1) is 43.7. The first-order valence-electron chi connectivity index (χ1n) is 16.2. The Labute approximate surface area is 282 Å². The van der Waals surface area contributed by atoms with Crippen LogP contribution in [0.2, 0.25) is 0 Å². The minimum Gasteiger partial charge on any atom is -0.271 e. The third-order valence-electron chi connectivity index (χ3n) is 6.51. The number of rotatable bonds is 12. The van der Waals surface area contributed by atoms with Crippen molar-refractivity contribution in [2.45, 2.75) is 86.7 Å². The summed E-state index contributed by atoms with van der Waals surface area (Å²) in [4.78, 5) is 0. The molecule has 0 spiro atoms. The van der Waals surface area contributed by atoms with Gasteiger partial charge >= 0.3 is 0 Å². The van der Waals surface area contributed by atoms with Crippen molar-refractivity contribution in [2.24, 2.45) is 10.9 Å². The van der Waals surface area contributed by atoms with Gasteiger partial charge in [0.05, 0.1) is 17.9 Å². The molecule has 0 saturated heterocycles. The van der Waals surface area contributed by atoms with Crippen LogP contribution >= 0.6 is 0 Å². The van der Waals surface area contributed by atoms with E-state index in [1.54, 1.807) is 6.08 Å². The number of hydrazone groups is 1. The van der Waals surface area contributed by atoms with Crippen molar-refractivity contribution < 1.29 is 0 Å². The van der Waals surface area contributed by atoms with E-state index in [1.165, 1.54) is 16.7 Å². The van der Waals surface area contributed by atoms with Gasteiger partial charge in [0.25, 0.3) is 0 Å². The summed E-state index contributed by atoms with van der Waals surface area (Å²) in [5.41, 5.74) is 8.83. The number of terminal acetylenes is 1. The van der Waals surface area contributed by atoms with E-state index in [2.05, 4.69) is 123 Å². The molecule has 248 valence electrons. The van der Waals surface area contributed by atoms with Crippen molar-refractivity contribution in [1.82, 2.24) is 5.43 Å². The number of hydrazine groups is 1. The summed E-state index contributed by atoms with van der Waals surface area (Å²) in [6.45, 7) is 19.8. The molecule has 0 heterocycles. The third-order valence-corrected chi connectivity index (χ3v) is 6.51. The number of aryl methyl sites for hydroxylation is 1. The second-order valence-electron chi connectivity index (χ2n) is 9.83. The Morgan fingerprint density at radius 1 is 0.913 bits per heavy atom. The summed E-state index contributed by atoms with van der Waals surface area (Å²) in [6, 6.07) is 29.5. The second kappa shape index (κ2) is 30.6. The van der Waals surface area contributed by atoms with E-state index in [-0.39, 0.29) is 12.1 Å². The zero-order valence-corrected chi connectivity index (χ0v) is 29.7. The maximum absolute atomic E-state index is 5.80. The zero-order chi connectivity index (χ0) is 35.0. The molecule has 2 unspecified atom stereocenters. The van der Waals surface area contributed by atoms with Crippen LogP contribution in [0, 0.1) is 12.8 Å². The largest absolute Gasteiger partial charge is 0.271 e. The standard InChI is InChI=1S/C30H36N4.C5H10.C3H6.C2H6.C2H2/c1-4-5-12-24(2)25(3)34(29-15-10-7-11-16-29)32-23-27-19-17-26(18-20-27)21-22-30(33-31)28-13-8-6-9-14-28;1-3-5-4-2;1-3-2;2*1-2/h4-20,23,25,30,33H,21-22,31H2,1-3H3;3,5H,4H2,1-2H3;3H,1H2,2H3;1-2H3;1-2H/b5-4-,24-12+,32-23+;5-3-;;;. The summed E-state index contributed by atoms with van der Waals surface area (Å²) >= 11 is 0. The molecule has 0 amide bonds. The van der Waals surface area contributed by atoms with Crippen molar-refractivity contribution >= 4 is 11.9 Å². The van der Waals surface area contributed by atoms with Gasteiger partial charge in [-0.15, -0.1) is 19.4 Å². The predicted octanol–water partition coefficient (Wildman–Crippen LogP) is 11.0. The first-order valence-corrected chi connectivity index (χ1v) is 16.2. The lowest BCUT2D eigenvalue weighted by molar-refractivity contribution is 0.516. The van der Waals surface area contributed by atoms with Gasteiger partial charge in [-0.2, -0.15) is 5.10 Å². The maximum Gasteiger partial charge on any atom is 0.0707 e. The van der Waals surface area contributed by atoms with Crippen molar-refractivity contribution in [3.8, 4) is 12.8 Å². The zero-order valence-electron chi connectivity index (χ0n) is 29.7. The van der Waals surface area contributed by atoms with Crippen LogP contribution in [0.25, 0.3) is 0 Å². The van der Waals surface area contributed by atoms with Crippen molar-refractivity contribution in [2.75, 3.05) is 5.01 Å². The van der Waals surface area contributed by atoms with Crippen LogP contribution in [0.5, 0.6) is 0 Å². The molecule has 0 bridgehead atoms. The number of nitrogens with two attached hydrogens (primary N) is 1. The molecule has 2 atom stereocenters. The Hall–Kier alpha value is -4.43. The van der Waals surface area contributed by atoms with Gasteiger partial charge in [-0.05, 0) is 88.3 Å². The molecule has 0 aliphatic carbocycles. The molecular formula is C42H60N4. The number of nitrogens with one attached hydrogen (secondary N) is 1. The smallest absolute Gasteiger partial charge is 0.0707 e. The van der Waals surface area contributed by atoms with Gasteiger partial charge in [0.2, 0.25) is 0 Å². The van der Waals surface area contributed by atoms with Gasteiger partial charge in [-0.1, -0.05) is 130 Å². The molecule has 0 aliphatic rings. The monoisotopic (exact) mass is 620 g/mol. The van der Waals surface area contributed by atoms with Gasteiger partial charge in [-0.3, -0.25) is 16.3 Å². The Morgan fingerprint density at radius 3 is 1.91 bits per heavy atom. The number of para-hydroxylation sites is 1. The van der Waals surface area contributed by atoms with E-state index < -0.39 is 0 Å². The van der Waals surface area contributed by atoms with Gasteiger partial charge in [0.15, 0.2) is 0 Å². The average molecular weight is 621 g/mol. The first-order chi connectivity index (χ1) is 22.4. The van der Waals surface area contributed by atoms with E-state index >= 15 is 0 Å². The normalized spacial score (nSPS) is 11.8. The lowest BCUT2D eigenvalue weighted by Gasteiger charge is -2.27. The van der Waals surface area contributed by atoms with Gasteiger partial charge in [0.1, 0.15) is 0 Å². The lowest BCUT2D eigenvalue weighted by atomic mass is 9.99. The summed E-state index contributed by atoms with van der Waals surface area (Å²) in [7, 11) is 0. The van der Waals surface area contributed by atoms with Crippen molar-refractivity contribution in [1.29, 1.82) is 0 Å². The molecule has 3 aromatic carbocycles. The van der Waals surface area contributed by atoms with Crippen LogP contribution in [-0.4, -0.2) is 12.3 Å². The maximum atomic E-state index is 5.80. The van der Waals surface area contributed by atoms with Crippen LogP contribution in [0.3, 0.4) is 0 Å². The van der Waals surface area contributed by atoms with E-state index in [0.717, 1.165) is 30.5 Å². The molecular weight excluding hydrogens is 560 g/mol. The summed E-state index contributed by atoms with van der Waals surface area (Å²) < 4.78 is 0. The Kier molecular flexibility index (Phi) is 29.1. The molecule has 3 N–H and O–H groups in total. The highest BCUT2D eigenvalue weighted by atomic mass is 15.5. The van der Waals surface area contributed by atoms with E-state index in [1.807, 2.05) is 83.3 Å². The quantitative estimate of drug-likeness (QED) is 0.0529. The number of hydrogen-bond acceptors (Lipinski definition) is 4. The van der Waals surface area contributed by atoms with Gasteiger partial charge in [0, 0.05) is 6.04 Å². The third kappa shape index (κ3) is 19.1. The van der Waals surface area contributed by atoms with Crippen LogP contribution in [0.15, 0.2) is 139 Å². The fourth-order valence-corrected chi connectivity index (χ4v) is 4.03. The number of anilines is 1. The van der Waals surface area contributed by atoms with E-state index in [9.17, 15) is 0 Å². The van der Waals surface area contributed by atoms with Gasteiger partial charge < -0.3 is 0 Å². The van der Waals surface area contributed by atoms with Crippen LogP contribution in [0.1, 0.15) is 91.0 Å². The average Bonchev–Trinajstić information content (AvgIpc) is 3.11. The molecule has 0 aromatic heterocycles. The Balaban J connectivity index is 0. The Morgan fingerprint density at radius 2 is 1.46 bits per heavy atom. The Bertz CT molecular complexity index is 1250. The fourth-order valence-electron chi connectivity index (χ4n) is 4.03. The van der Waals surface area contributed by atoms with E-state index in [0.29, 0.717) is 0 Å². The molecule has 0 radical (unpaired) electrons. The van der Waals surface area contributed by atoms with Crippen LogP contribution in [0.4, 0.5) is 5.69 Å². The SMILES string of the molecule is C#C.C/C=C\C=C(/C)C(C)N(/N=C/c1ccc(CCC(NN)c2ccccc2)cc1)c1ccccc1.C/C=C\CC.C=CC.CC. The molecule has 3 aromatic rings. The number of benzene rings is 3. The van der Waals surface area contributed by atoms with Crippen LogP contribution < -0.4 is 16.3 Å². The summed E-state index contributed by atoms with van der Waals surface area (Å²) in [6.07, 6.45) is 25.2. The molecule has 3 rings (SSSR count). The molecule has 0 fully saturated rings. The van der Waals surface area contributed by atoms with Gasteiger partial charge in [-0.25, -0.2) is 0 Å². The summed E-state index contributed by atoms with van der Waals surface area (Å²) in [5.74, 6) is 5.80. The highest BCUT2D eigenvalue weighted by Gasteiger charge is 2.15. The molecule has 46 heavy (non-hydrogen) atoms. The van der Waals surface area contributed by atoms with E-state index in [4.69, 9.17) is 10.9 Å². The second-order valence-corrected chi connectivity index (χ2v) is 9.83. The van der Waals surface area contributed by atoms with Crippen molar-refractivity contribution in [3.63, 3.8) is 0 Å². The highest BCUT2D eigenvalue weighted by molar-refractivity contribution is 5.80. The minimum absolute atomic E-state index is 0.132. The molecule has 4 nitrogen and oxygen atoms in total. The highest BCUT2D eigenvalue weighted by Crippen LogP contribution is 2.22. The fraction of sp³-hybridized carbons (Fsp3) is 0.310. The minimum atomic E-state index is 0.132. The van der Waals surface area contributed by atoms with Crippen LogP contribution in [-0.2, 0) is 6.42 Å². The number of allylic oxidation sites excluding steroid dienone is 6. The topological polar surface area (TPSA) is 53.6 Å².